The summed E-state index contributed by atoms with van der Waals surface area (Å²) in [5.41, 5.74) is 7.95. The molecule has 0 saturated carbocycles. The van der Waals surface area contributed by atoms with Crippen molar-refractivity contribution >= 4 is 28.7 Å². The van der Waals surface area contributed by atoms with Gasteiger partial charge in [-0.05, 0) is 55.7 Å². The molecule has 1 heterocycles. The van der Waals surface area contributed by atoms with E-state index in [4.69, 9.17) is 5.73 Å². The first-order valence-corrected chi connectivity index (χ1v) is 10.4. The first kappa shape index (κ1) is 23.7. The van der Waals surface area contributed by atoms with E-state index in [0.29, 0.717) is 5.56 Å². The van der Waals surface area contributed by atoms with Crippen LogP contribution in [0.15, 0.2) is 58.8 Å². The van der Waals surface area contributed by atoms with Crippen LogP contribution in [0.4, 0.5) is 41.9 Å². The van der Waals surface area contributed by atoms with E-state index >= 15 is 0 Å². The highest BCUT2D eigenvalue weighted by Crippen LogP contribution is 2.35. The van der Waals surface area contributed by atoms with E-state index in [1.165, 1.54) is 17.7 Å². The maximum Gasteiger partial charge on any atom is 0.416 e. The van der Waals surface area contributed by atoms with Crippen LogP contribution in [0, 0.1) is 18.3 Å². The summed E-state index contributed by atoms with van der Waals surface area (Å²) in [6.45, 7) is 3.77. The van der Waals surface area contributed by atoms with E-state index in [0.717, 1.165) is 37.1 Å². The third kappa shape index (κ3) is 5.86. The molecule has 0 atom stereocenters. The monoisotopic (exact) mass is 452 g/mol. The van der Waals surface area contributed by atoms with Crippen molar-refractivity contribution in [2.24, 2.45) is 10.2 Å². The van der Waals surface area contributed by atoms with Crippen molar-refractivity contribution < 1.29 is 13.2 Å². The topological polar surface area (TPSA) is 99.4 Å². The predicted molar refractivity (Wildman–Crippen MR) is 122 cm³/mol. The zero-order valence-electron chi connectivity index (χ0n) is 18.2. The summed E-state index contributed by atoms with van der Waals surface area (Å²) >= 11 is 0. The van der Waals surface area contributed by atoms with Crippen molar-refractivity contribution in [3.05, 3.63) is 70.8 Å². The Balaban J connectivity index is 1.88. The maximum absolute atomic E-state index is 12.9. The van der Waals surface area contributed by atoms with Crippen molar-refractivity contribution in [1.82, 2.24) is 4.98 Å². The number of azo groups is 1. The molecule has 0 aliphatic heterocycles. The number of hydrogen-bond donors (Lipinski definition) is 2. The largest absolute Gasteiger partial charge is 0.416 e. The fraction of sp³-hybridized carbons (Fsp3) is 0.250. The molecular formula is C24H23F3N6. The average Bonchev–Trinajstić information content (AvgIpc) is 2.78. The van der Waals surface area contributed by atoms with Crippen LogP contribution in [0.25, 0.3) is 0 Å². The van der Waals surface area contributed by atoms with Gasteiger partial charge in [0.1, 0.15) is 11.8 Å². The number of nitriles is 1. The van der Waals surface area contributed by atoms with Gasteiger partial charge in [-0.2, -0.15) is 23.5 Å². The molecule has 0 aliphatic rings. The molecule has 0 amide bonds. The number of aryl methyl sites for hydroxylation is 1. The molecule has 0 unspecified atom stereocenters. The van der Waals surface area contributed by atoms with Gasteiger partial charge in [-0.15, -0.1) is 5.11 Å². The van der Waals surface area contributed by atoms with Gasteiger partial charge < -0.3 is 11.1 Å². The van der Waals surface area contributed by atoms with Gasteiger partial charge in [-0.25, -0.2) is 4.98 Å². The van der Waals surface area contributed by atoms with Crippen molar-refractivity contribution in [3.63, 3.8) is 0 Å². The number of aromatic nitrogens is 1. The van der Waals surface area contributed by atoms with Crippen molar-refractivity contribution in [1.29, 1.82) is 5.26 Å². The lowest BCUT2D eigenvalue weighted by atomic mass is 10.1. The Bertz CT molecular complexity index is 1190. The SMILES string of the molecule is CCCCc1ccc(Nc2nc(N)c(/N=N/c3cccc(C(F)(F)F)c3)c(C)c2C#N)cc1. The minimum absolute atomic E-state index is 0.00397. The summed E-state index contributed by atoms with van der Waals surface area (Å²) in [6, 6.07) is 14.4. The molecule has 3 rings (SSSR count). The third-order valence-electron chi connectivity index (χ3n) is 5.03. The van der Waals surface area contributed by atoms with Crippen LogP contribution in [0.1, 0.15) is 42.0 Å². The first-order valence-electron chi connectivity index (χ1n) is 10.4. The molecule has 0 saturated heterocycles. The summed E-state index contributed by atoms with van der Waals surface area (Å²) in [6.07, 6.45) is -1.27. The number of halogens is 3. The van der Waals surface area contributed by atoms with Crippen molar-refractivity contribution in [2.75, 3.05) is 11.1 Å². The standard InChI is InChI=1S/C24H23F3N6/c1-3-4-6-16-9-11-18(12-10-16)30-23-20(14-28)15(2)21(22(29)31-23)33-32-19-8-5-7-17(13-19)24(25,26)27/h5,7-13H,3-4,6H2,1-2H3,(H3,29,30,31)/b33-32+. The Morgan fingerprint density at radius 2 is 1.85 bits per heavy atom. The number of alkyl halides is 3. The molecule has 0 aliphatic carbocycles. The Hall–Kier alpha value is -3.93. The van der Waals surface area contributed by atoms with E-state index in [2.05, 4.69) is 33.5 Å². The Labute approximate surface area is 190 Å². The molecule has 1 aromatic heterocycles. The molecule has 0 spiro atoms. The number of nitrogens with one attached hydrogen (secondary N) is 1. The number of unbranched alkanes of at least 4 members (excludes halogenated alkanes) is 1. The summed E-state index contributed by atoms with van der Waals surface area (Å²) in [5, 5.41) is 20.6. The smallest absolute Gasteiger partial charge is 0.382 e. The fourth-order valence-corrected chi connectivity index (χ4v) is 3.20. The number of hydrogen-bond acceptors (Lipinski definition) is 6. The second-order valence-electron chi connectivity index (χ2n) is 7.48. The zero-order chi connectivity index (χ0) is 24.0. The minimum atomic E-state index is -4.49. The molecule has 0 bridgehead atoms. The highest BCUT2D eigenvalue weighted by molar-refractivity contribution is 5.75. The van der Waals surface area contributed by atoms with Gasteiger partial charge in [0.15, 0.2) is 11.6 Å². The molecule has 3 N–H and O–H groups in total. The van der Waals surface area contributed by atoms with E-state index in [-0.39, 0.29) is 28.6 Å². The molecule has 170 valence electrons. The second kappa shape index (κ2) is 10.1. The number of pyridine rings is 1. The molecule has 2 aromatic carbocycles. The molecule has 3 aromatic rings. The number of benzene rings is 2. The molecule has 6 nitrogen and oxygen atoms in total. The lowest BCUT2D eigenvalue weighted by Crippen LogP contribution is -2.04. The van der Waals surface area contributed by atoms with Crippen LogP contribution < -0.4 is 11.1 Å². The number of nitrogens with zero attached hydrogens (tertiary/aromatic N) is 4. The lowest BCUT2D eigenvalue weighted by molar-refractivity contribution is -0.137. The van der Waals surface area contributed by atoms with Crippen LogP contribution in [0.3, 0.4) is 0 Å². The number of rotatable bonds is 7. The maximum atomic E-state index is 12.9. The van der Waals surface area contributed by atoms with Crippen molar-refractivity contribution in [3.8, 4) is 6.07 Å². The molecular weight excluding hydrogens is 429 g/mol. The highest BCUT2D eigenvalue weighted by Gasteiger charge is 2.30. The van der Waals surface area contributed by atoms with Crippen LogP contribution >= 0.6 is 0 Å². The summed E-state index contributed by atoms with van der Waals surface area (Å²) < 4.78 is 38.7. The normalized spacial score (nSPS) is 11.5. The minimum Gasteiger partial charge on any atom is -0.382 e. The van der Waals surface area contributed by atoms with Crippen LogP contribution in [0.5, 0.6) is 0 Å². The van der Waals surface area contributed by atoms with Gasteiger partial charge in [-0.1, -0.05) is 31.5 Å². The van der Waals surface area contributed by atoms with Crippen LogP contribution in [-0.2, 0) is 12.6 Å². The van der Waals surface area contributed by atoms with Crippen LogP contribution in [0.2, 0.25) is 0 Å². The van der Waals surface area contributed by atoms with E-state index < -0.39 is 11.7 Å². The van der Waals surface area contributed by atoms with Gasteiger partial charge in [0.05, 0.1) is 16.8 Å². The summed E-state index contributed by atoms with van der Waals surface area (Å²) in [5.74, 6) is 0.274. The molecule has 33 heavy (non-hydrogen) atoms. The summed E-state index contributed by atoms with van der Waals surface area (Å²) in [4.78, 5) is 4.25. The number of anilines is 3. The highest BCUT2D eigenvalue weighted by atomic mass is 19.4. The van der Waals surface area contributed by atoms with E-state index in [1.807, 2.05) is 24.3 Å². The average molecular weight is 452 g/mol. The Morgan fingerprint density at radius 3 is 2.48 bits per heavy atom. The number of nitrogen functional groups attached to an aromatic ring is 1. The van der Waals surface area contributed by atoms with Gasteiger partial charge in [0.25, 0.3) is 0 Å². The summed E-state index contributed by atoms with van der Waals surface area (Å²) in [7, 11) is 0. The molecule has 0 fully saturated rings. The molecule has 9 heteroatoms. The van der Waals surface area contributed by atoms with Gasteiger partial charge >= 0.3 is 6.18 Å². The van der Waals surface area contributed by atoms with Gasteiger partial charge in [-0.3, -0.25) is 0 Å². The van der Waals surface area contributed by atoms with Gasteiger partial charge in [0, 0.05) is 11.3 Å². The van der Waals surface area contributed by atoms with Crippen LogP contribution in [-0.4, -0.2) is 4.98 Å². The fourth-order valence-electron chi connectivity index (χ4n) is 3.20. The quantitative estimate of drug-likeness (QED) is 0.366. The third-order valence-corrected chi connectivity index (χ3v) is 5.03. The Morgan fingerprint density at radius 1 is 1.12 bits per heavy atom. The predicted octanol–water partition coefficient (Wildman–Crippen LogP) is 7.36. The van der Waals surface area contributed by atoms with Crippen molar-refractivity contribution in [2.45, 2.75) is 39.3 Å². The van der Waals surface area contributed by atoms with E-state index in [9.17, 15) is 18.4 Å². The zero-order valence-corrected chi connectivity index (χ0v) is 18.2. The first-order chi connectivity index (χ1) is 15.7. The Kier molecular flexibility index (Phi) is 7.28. The lowest BCUT2D eigenvalue weighted by Gasteiger charge is -2.13. The second-order valence-corrected chi connectivity index (χ2v) is 7.48. The van der Waals surface area contributed by atoms with Gasteiger partial charge in [0.2, 0.25) is 0 Å². The number of nitrogens with two attached hydrogens (primary N) is 1. The molecule has 0 radical (unpaired) electrons. The van der Waals surface area contributed by atoms with E-state index in [1.54, 1.807) is 6.92 Å².